The molecule has 0 aliphatic carbocycles. The van der Waals surface area contributed by atoms with E-state index in [9.17, 15) is 4.79 Å². The number of methoxy groups -OCH3 is 1. The van der Waals surface area contributed by atoms with Crippen LogP contribution in [0, 0.1) is 23.2 Å². The van der Waals surface area contributed by atoms with Gasteiger partial charge in [0.15, 0.2) is 0 Å². The Morgan fingerprint density at radius 2 is 2.21 bits per heavy atom. The highest BCUT2D eigenvalue weighted by molar-refractivity contribution is 5.73. The quantitative estimate of drug-likeness (QED) is 0.776. The number of nitrogens with zero attached hydrogens (tertiary/aromatic N) is 2. The zero-order chi connectivity index (χ0) is 13.8. The van der Waals surface area contributed by atoms with Gasteiger partial charge >= 0.3 is 5.97 Å². The van der Waals surface area contributed by atoms with E-state index in [-0.39, 0.29) is 11.9 Å². The molecule has 0 spiro atoms. The molecule has 19 heavy (non-hydrogen) atoms. The molecular formula is C15H18N2O2. The maximum absolute atomic E-state index is 11.6. The summed E-state index contributed by atoms with van der Waals surface area (Å²) in [4.78, 5) is 13.9. The van der Waals surface area contributed by atoms with Crippen molar-refractivity contribution in [3.63, 3.8) is 0 Å². The van der Waals surface area contributed by atoms with Gasteiger partial charge in [-0.2, -0.15) is 5.26 Å². The molecule has 2 rings (SSSR count). The van der Waals surface area contributed by atoms with Crippen LogP contribution in [0.15, 0.2) is 24.3 Å². The number of benzene rings is 1. The van der Waals surface area contributed by atoms with E-state index in [0.29, 0.717) is 24.6 Å². The minimum Gasteiger partial charge on any atom is -0.469 e. The van der Waals surface area contributed by atoms with Crippen LogP contribution in [0.4, 0.5) is 0 Å². The number of hydrogen-bond acceptors (Lipinski definition) is 4. The summed E-state index contributed by atoms with van der Waals surface area (Å²) in [7, 11) is 1.43. The molecule has 0 amide bonds. The molecule has 2 atom stereocenters. The lowest BCUT2D eigenvalue weighted by atomic mass is 9.99. The van der Waals surface area contributed by atoms with Crippen molar-refractivity contribution in [2.75, 3.05) is 20.2 Å². The highest BCUT2D eigenvalue weighted by Crippen LogP contribution is 2.26. The molecule has 0 bridgehead atoms. The second-order valence-corrected chi connectivity index (χ2v) is 5.07. The highest BCUT2D eigenvalue weighted by Gasteiger charge is 2.35. The molecule has 4 nitrogen and oxygen atoms in total. The van der Waals surface area contributed by atoms with Crippen molar-refractivity contribution in [2.45, 2.75) is 13.5 Å². The second kappa shape index (κ2) is 5.85. The van der Waals surface area contributed by atoms with Crippen molar-refractivity contribution in [1.82, 2.24) is 4.90 Å². The summed E-state index contributed by atoms with van der Waals surface area (Å²) >= 11 is 0. The first kappa shape index (κ1) is 13.6. The standard InChI is InChI=1S/C15H18N2O2/c1-11-8-17(10-14(11)15(18)19-2)9-13-6-4-3-5-12(13)7-16/h3-6,11,14H,8-10H2,1-2H3. The predicted octanol–water partition coefficient (Wildman–Crippen LogP) is 1.80. The molecule has 0 N–H and O–H groups in total. The zero-order valence-electron chi connectivity index (χ0n) is 11.3. The third kappa shape index (κ3) is 2.94. The van der Waals surface area contributed by atoms with Crippen molar-refractivity contribution in [3.8, 4) is 6.07 Å². The van der Waals surface area contributed by atoms with Gasteiger partial charge in [-0.15, -0.1) is 0 Å². The van der Waals surface area contributed by atoms with E-state index in [1.165, 1.54) is 7.11 Å². The van der Waals surface area contributed by atoms with Crippen molar-refractivity contribution < 1.29 is 9.53 Å². The monoisotopic (exact) mass is 258 g/mol. The maximum atomic E-state index is 11.6. The van der Waals surface area contributed by atoms with Crippen LogP contribution < -0.4 is 0 Å². The van der Waals surface area contributed by atoms with Gasteiger partial charge in [0.05, 0.1) is 24.7 Å². The van der Waals surface area contributed by atoms with Crippen LogP contribution in [0.1, 0.15) is 18.1 Å². The van der Waals surface area contributed by atoms with Gasteiger partial charge < -0.3 is 4.74 Å². The fourth-order valence-corrected chi connectivity index (χ4v) is 2.66. The lowest BCUT2D eigenvalue weighted by molar-refractivity contribution is -0.146. The molecule has 1 fully saturated rings. The van der Waals surface area contributed by atoms with Gasteiger partial charge in [0.1, 0.15) is 0 Å². The van der Waals surface area contributed by atoms with Gasteiger partial charge in [0, 0.05) is 19.6 Å². The van der Waals surface area contributed by atoms with E-state index in [1.807, 2.05) is 24.3 Å². The van der Waals surface area contributed by atoms with Gasteiger partial charge in [0.2, 0.25) is 0 Å². The largest absolute Gasteiger partial charge is 0.469 e. The number of nitriles is 1. The molecule has 1 aromatic rings. The smallest absolute Gasteiger partial charge is 0.310 e. The summed E-state index contributed by atoms with van der Waals surface area (Å²) in [5.41, 5.74) is 1.72. The third-order valence-corrected chi connectivity index (χ3v) is 3.72. The Hall–Kier alpha value is -1.86. The minimum absolute atomic E-state index is 0.0563. The van der Waals surface area contributed by atoms with Crippen LogP contribution in [0.3, 0.4) is 0 Å². The Balaban J connectivity index is 2.06. The van der Waals surface area contributed by atoms with E-state index in [2.05, 4.69) is 17.9 Å². The fraction of sp³-hybridized carbons (Fsp3) is 0.467. The topological polar surface area (TPSA) is 53.3 Å². The number of ether oxygens (including phenoxy) is 1. The number of esters is 1. The molecule has 0 saturated carbocycles. The average molecular weight is 258 g/mol. The molecule has 0 aromatic heterocycles. The molecule has 4 heteroatoms. The Kier molecular flexibility index (Phi) is 4.18. The molecule has 100 valence electrons. The van der Waals surface area contributed by atoms with Crippen LogP contribution in [-0.4, -0.2) is 31.1 Å². The Bertz CT molecular complexity index is 507. The molecule has 1 aliphatic heterocycles. The predicted molar refractivity (Wildman–Crippen MR) is 71.1 cm³/mol. The summed E-state index contributed by atoms with van der Waals surface area (Å²) in [5.74, 6) is 0.101. The first-order valence-corrected chi connectivity index (χ1v) is 6.44. The average Bonchev–Trinajstić information content (AvgIpc) is 2.79. The number of carbonyl (C=O) groups is 1. The van der Waals surface area contributed by atoms with Gasteiger partial charge in [-0.25, -0.2) is 0 Å². The van der Waals surface area contributed by atoms with Crippen LogP contribution in [-0.2, 0) is 16.1 Å². The third-order valence-electron chi connectivity index (χ3n) is 3.72. The Morgan fingerprint density at radius 3 is 2.89 bits per heavy atom. The molecule has 1 aromatic carbocycles. The molecular weight excluding hydrogens is 240 g/mol. The second-order valence-electron chi connectivity index (χ2n) is 5.07. The normalized spacial score (nSPS) is 23.0. The molecule has 2 unspecified atom stereocenters. The maximum Gasteiger partial charge on any atom is 0.310 e. The van der Waals surface area contributed by atoms with Crippen molar-refractivity contribution in [2.24, 2.45) is 11.8 Å². The van der Waals surface area contributed by atoms with Gasteiger partial charge in [-0.05, 0) is 17.5 Å². The zero-order valence-corrected chi connectivity index (χ0v) is 11.3. The number of carbonyl (C=O) groups excluding carboxylic acids is 1. The lowest BCUT2D eigenvalue weighted by Gasteiger charge is -2.16. The SMILES string of the molecule is COC(=O)C1CN(Cc2ccccc2C#N)CC1C. The summed E-state index contributed by atoms with van der Waals surface area (Å²) in [6.07, 6.45) is 0. The fourth-order valence-electron chi connectivity index (χ4n) is 2.66. The van der Waals surface area contributed by atoms with Gasteiger partial charge in [-0.3, -0.25) is 9.69 Å². The minimum atomic E-state index is -0.136. The van der Waals surface area contributed by atoms with Crippen LogP contribution >= 0.6 is 0 Å². The summed E-state index contributed by atoms with van der Waals surface area (Å²) < 4.78 is 4.83. The number of rotatable bonds is 3. The Labute approximate surface area is 113 Å². The van der Waals surface area contributed by atoms with Crippen LogP contribution in [0.2, 0.25) is 0 Å². The van der Waals surface area contributed by atoms with E-state index in [4.69, 9.17) is 10.00 Å². The first-order valence-electron chi connectivity index (χ1n) is 6.44. The summed E-state index contributed by atoms with van der Waals surface area (Å²) in [6, 6.07) is 9.81. The Morgan fingerprint density at radius 1 is 1.47 bits per heavy atom. The number of likely N-dealkylation sites (tertiary alicyclic amines) is 1. The highest BCUT2D eigenvalue weighted by atomic mass is 16.5. The molecule has 1 heterocycles. The number of hydrogen-bond donors (Lipinski definition) is 0. The summed E-state index contributed by atoms with van der Waals surface area (Å²) in [5, 5.41) is 9.08. The van der Waals surface area contributed by atoms with Crippen molar-refractivity contribution in [1.29, 1.82) is 5.26 Å². The van der Waals surface area contributed by atoms with Crippen LogP contribution in [0.5, 0.6) is 0 Å². The first-order chi connectivity index (χ1) is 9.15. The van der Waals surface area contributed by atoms with Gasteiger partial charge in [-0.1, -0.05) is 25.1 Å². The molecule has 1 saturated heterocycles. The van der Waals surface area contributed by atoms with Gasteiger partial charge in [0.25, 0.3) is 0 Å². The van der Waals surface area contributed by atoms with E-state index >= 15 is 0 Å². The summed E-state index contributed by atoms with van der Waals surface area (Å²) in [6.45, 7) is 4.34. The van der Waals surface area contributed by atoms with E-state index < -0.39 is 0 Å². The van der Waals surface area contributed by atoms with E-state index in [0.717, 1.165) is 12.1 Å². The molecule has 1 aliphatic rings. The molecule has 0 radical (unpaired) electrons. The van der Waals surface area contributed by atoms with Crippen molar-refractivity contribution >= 4 is 5.97 Å². The lowest BCUT2D eigenvalue weighted by Crippen LogP contribution is -2.24. The van der Waals surface area contributed by atoms with Crippen molar-refractivity contribution in [3.05, 3.63) is 35.4 Å². The van der Waals surface area contributed by atoms with Crippen LogP contribution in [0.25, 0.3) is 0 Å². The van der Waals surface area contributed by atoms with E-state index in [1.54, 1.807) is 0 Å².